The number of hydrogen-bond acceptors (Lipinski definition) is 4. The van der Waals surface area contributed by atoms with Crippen LogP contribution in [0.25, 0.3) is 0 Å². The first-order valence-electron chi connectivity index (χ1n) is 5.29. The molecule has 0 saturated heterocycles. The van der Waals surface area contributed by atoms with Gasteiger partial charge in [-0.15, -0.1) is 0 Å². The Morgan fingerprint density at radius 3 is 3.00 bits per heavy atom. The molecule has 17 heavy (non-hydrogen) atoms. The van der Waals surface area contributed by atoms with Gasteiger partial charge in [0.05, 0.1) is 11.8 Å². The second-order valence-electron chi connectivity index (χ2n) is 3.40. The first-order valence-corrected chi connectivity index (χ1v) is 6.69. The first-order chi connectivity index (χ1) is 8.19. The quantitative estimate of drug-likeness (QED) is 0.762. The molecule has 0 saturated carbocycles. The van der Waals surface area contributed by atoms with Gasteiger partial charge in [-0.1, -0.05) is 0 Å². The molecule has 1 rings (SSSR count). The van der Waals surface area contributed by atoms with E-state index in [2.05, 4.69) is 15.6 Å². The van der Waals surface area contributed by atoms with E-state index in [1.165, 1.54) is 6.07 Å². The molecule has 0 bridgehead atoms. The van der Waals surface area contributed by atoms with Gasteiger partial charge in [0.1, 0.15) is 11.6 Å². The molecular formula is C11H16FN3OS. The van der Waals surface area contributed by atoms with E-state index in [0.29, 0.717) is 12.4 Å². The van der Waals surface area contributed by atoms with Gasteiger partial charge in [-0.05, 0) is 24.5 Å². The van der Waals surface area contributed by atoms with E-state index in [9.17, 15) is 9.18 Å². The zero-order valence-electron chi connectivity index (χ0n) is 9.92. The van der Waals surface area contributed by atoms with E-state index < -0.39 is 5.82 Å². The number of carbonyl (C=O) groups excluding carboxylic acids is 1. The molecule has 0 aromatic carbocycles. The van der Waals surface area contributed by atoms with Gasteiger partial charge in [-0.2, -0.15) is 11.8 Å². The van der Waals surface area contributed by atoms with Crippen LogP contribution in [0.2, 0.25) is 0 Å². The van der Waals surface area contributed by atoms with Crippen molar-refractivity contribution in [2.75, 3.05) is 30.9 Å². The summed E-state index contributed by atoms with van der Waals surface area (Å²) in [6, 6.07) is 1.18. The lowest BCUT2D eigenvalue weighted by Crippen LogP contribution is -2.26. The van der Waals surface area contributed by atoms with Gasteiger partial charge in [0, 0.05) is 13.6 Å². The van der Waals surface area contributed by atoms with Crippen molar-refractivity contribution in [2.24, 2.45) is 0 Å². The lowest BCUT2D eigenvalue weighted by molar-refractivity contribution is 0.0954. The molecule has 0 aliphatic heterocycles. The smallest absolute Gasteiger partial charge is 0.255 e. The number of rotatable bonds is 6. The summed E-state index contributed by atoms with van der Waals surface area (Å²) in [6.07, 6.45) is 3.98. The van der Waals surface area contributed by atoms with E-state index >= 15 is 0 Å². The maximum atomic E-state index is 13.0. The Bertz CT molecular complexity index is 387. The average Bonchev–Trinajstić information content (AvgIpc) is 2.34. The summed E-state index contributed by atoms with van der Waals surface area (Å²) in [6.45, 7) is 0.583. The van der Waals surface area contributed by atoms with Crippen LogP contribution in [0.1, 0.15) is 16.8 Å². The Balaban J connectivity index is 2.64. The van der Waals surface area contributed by atoms with Crippen LogP contribution in [0.4, 0.5) is 10.2 Å². The number of halogens is 1. The molecule has 0 aliphatic carbocycles. The van der Waals surface area contributed by atoms with Crippen molar-refractivity contribution < 1.29 is 9.18 Å². The number of amides is 1. The summed E-state index contributed by atoms with van der Waals surface area (Å²) < 4.78 is 13.0. The highest BCUT2D eigenvalue weighted by Gasteiger charge is 2.12. The monoisotopic (exact) mass is 257 g/mol. The Hall–Kier alpha value is -1.30. The molecule has 1 amide bonds. The predicted octanol–water partition coefficient (Wildman–Crippen LogP) is 1.75. The molecular weight excluding hydrogens is 241 g/mol. The molecule has 0 radical (unpaired) electrons. The van der Waals surface area contributed by atoms with Gasteiger partial charge in [0.15, 0.2) is 0 Å². The minimum absolute atomic E-state index is 0.233. The van der Waals surface area contributed by atoms with Gasteiger partial charge in [0.2, 0.25) is 0 Å². The van der Waals surface area contributed by atoms with Crippen molar-refractivity contribution >= 4 is 23.5 Å². The molecule has 6 heteroatoms. The summed E-state index contributed by atoms with van der Waals surface area (Å²) in [5.41, 5.74) is 0.233. The molecule has 1 aromatic rings. The third-order valence-corrected chi connectivity index (χ3v) is 2.84. The number of nitrogens with zero attached hydrogens (tertiary/aromatic N) is 1. The molecule has 1 heterocycles. The highest BCUT2D eigenvalue weighted by molar-refractivity contribution is 7.98. The summed E-state index contributed by atoms with van der Waals surface area (Å²) in [5, 5.41) is 5.50. The third-order valence-electron chi connectivity index (χ3n) is 2.15. The molecule has 0 fully saturated rings. The second-order valence-corrected chi connectivity index (χ2v) is 4.39. The molecule has 94 valence electrons. The minimum atomic E-state index is -0.515. The summed E-state index contributed by atoms with van der Waals surface area (Å²) in [4.78, 5) is 15.6. The van der Waals surface area contributed by atoms with Gasteiger partial charge < -0.3 is 10.6 Å². The maximum Gasteiger partial charge on any atom is 0.255 e. The first kappa shape index (κ1) is 13.8. The van der Waals surface area contributed by atoms with Gasteiger partial charge in [-0.3, -0.25) is 4.79 Å². The Morgan fingerprint density at radius 1 is 1.59 bits per heavy atom. The minimum Gasteiger partial charge on any atom is -0.372 e. The molecule has 0 atom stereocenters. The molecule has 0 spiro atoms. The van der Waals surface area contributed by atoms with Crippen molar-refractivity contribution in [3.8, 4) is 0 Å². The van der Waals surface area contributed by atoms with Crippen LogP contribution < -0.4 is 10.6 Å². The van der Waals surface area contributed by atoms with Crippen molar-refractivity contribution in [3.63, 3.8) is 0 Å². The fourth-order valence-electron chi connectivity index (χ4n) is 1.33. The Labute approximate surface area is 104 Å². The topological polar surface area (TPSA) is 54.0 Å². The third kappa shape index (κ3) is 4.22. The van der Waals surface area contributed by atoms with Crippen LogP contribution in [0.3, 0.4) is 0 Å². The van der Waals surface area contributed by atoms with Crippen molar-refractivity contribution in [2.45, 2.75) is 6.42 Å². The van der Waals surface area contributed by atoms with Crippen LogP contribution in [0, 0.1) is 5.82 Å². The molecule has 1 aromatic heterocycles. The molecule has 4 nitrogen and oxygen atoms in total. The van der Waals surface area contributed by atoms with Crippen molar-refractivity contribution in [1.82, 2.24) is 10.3 Å². The Kier molecular flexibility index (Phi) is 5.76. The second kappa shape index (κ2) is 7.11. The van der Waals surface area contributed by atoms with E-state index in [1.54, 1.807) is 18.8 Å². The fraction of sp³-hybridized carbons (Fsp3) is 0.455. The number of pyridine rings is 1. The van der Waals surface area contributed by atoms with Crippen LogP contribution in [-0.2, 0) is 0 Å². The number of hydrogen-bond donors (Lipinski definition) is 2. The van der Waals surface area contributed by atoms with Crippen LogP contribution in [-0.4, -0.2) is 36.5 Å². The van der Waals surface area contributed by atoms with Crippen LogP contribution in [0.5, 0.6) is 0 Å². The molecule has 0 unspecified atom stereocenters. The molecule has 2 N–H and O–H groups in total. The SMILES string of the molecule is CNc1ncc(F)cc1C(=O)NCCCSC. The van der Waals surface area contributed by atoms with E-state index in [1.807, 2.05) is 6.26 Å². The maximum absolute atomic E-state index is 13.0. The number of aromatic nitrogens is 1. The largest absolute Gasteiger partial charge is 0.372 e. The van der Waals surface area contributed by atoms with E-state index in [-0.39, 0.29) is 11.5 Å². The van der Waals surface area contributed by atoms with Gasteiger partial charge >= 0.3 is 0 Å². The van der Waals surface area contributed by atoms with Crippen molar-refractivity contribution in [1.29, 1.82) is 0 Å². The van der Waals surface area contributed by atoms with E-state index in [4.69, 9.17) is 0 Å². The highest BCUT2D eigenvalue weighted by atomic mass is 32.2. The zero-order chi connectivity index (χ0) is 12.7. The normalized spacial score (nSPS) is 10.1. The number of anilines is 1. The van der Waals surface area contributed by atoms with Crippen molar-refractivity contribution in [3.05, 3.63) is 23.6 Å². The lowest BCUT2D eigenvalue weighted by Gasteiger charge is -2.08. The average molecular weight is 257 g/mol. The predicted molar refractivity (Wildman–Crippen MR) is 69.1 cm³/mol. The van der Waals surface area contributed by atoms with Crippen LogP contribution in [0.15, 0.2) is 12.3 Å². The number of thioether (sulfide) groups is 1. The van der Waals surface area contributed by atoms with Gasteiger partial charge in [0.25, 0.3) is 5.91 Å². The van der Waals surface area contributed by atoms with Gasteiger partial charge in [-0.25, -0.2) is 9.37 Å². The summed E-state index contributed by atoms with van der Waals surface area (Å²) in [7, 11) is 1.64. The lowest BCUT2D eigenvalue weighted by atomic mass is 10.2. The van der Waals surface area contributed by atoms with Crippen LogP contribution >= 0.6 is 11.8 Å². The standard InChI is InChI=1S/C11H16FN3OS/c1-13-10-9(6-8(12)7-15-10)11(16)14-4-3-5-17-2/h6-7H,3-5H2,1-2H3,(H,13,15)(H,14,16). The Morgan fingerprint density at radius 2 is 2.35 bits per heavy atom. The highest BCUT2D eigenvalue weighted by Crippen LogP contribution is 2.12. The summed E-state index contributed by atoms with van der Waals surface area (Å²) in [5.74, 6) is 0.551. The van der Waals surface area contributed by atoms with E-state index in [0.717, 1.165) is 18.4 Å². The zero-order valence-corrected chi connectivity index (χ0v) is 10.7. The number of carbonyl (C=O) groups is 1. The summed E-state index contributed by atoms with van der Waals surface area (Å²) >= 11 is 1.72. The fourth-order valence-corrected chi connectivity index (χ4v) is 1.76. The molecule has 0 aliphatic rings. The number of nitrogens with one attached hydrogen (secondary N) is 2.